The van der Waals surface area contributed by atoms with E-state index in [2.05, 4.69) is 49.2 Å². The Morgan fingerprint density at radius 2 is 1.91 bits per heavy atom. The van der Waals surface area contributed by atoms with Crippen molar-refractivity contribution in [1.82, 2.24) is 9.88 Å². The standard InChI is InChI=1S/C30H38N2O2/c1-29-13-10-23(32(3)28(33)34)17-22(29)6-7-24-26-9-8-25(30(26,2)14-11-27(24)29)20-5-4-19-12-15-31-18-21(19)16-20/h4-5,8,12,15-16,18,22-24,26-27H,6-7,9-11,13-14,17H2,1-3H3,(H,33,34)/t22?,23-,24-,26-,27-,29-,30+/m0/s1. The largest absolute Gasteiger partial charge is 0.465 e. The SMILES string of the molecule is CN(C(=O)O)[C@H]1CC[C@@]2(C)C(CC[C@@H]3[C@@H]2CC[C@]2(C)C(c4ccc5ccncc5c4)=CC[C@@H]32)C1. The third kappa shape index (κ3) is 3.17. The van der Waals surface area contributed by atoms with Crippen molar-refractivity contribution in [2.45, 2.75) is 71.3 Å². The molecule has 3 saturated carbocycles. The molecule has 4 nitrogen and oxygen atoms in total. The number of benzene rings is 1. The van der Waals surface area contributed by atoms with Crippen molar-refractivity contribution >= 4 is 22.4 Å². The fourth-order valence-electron chi connectivity index (χ4n) is 9.01. The molecule has 3 fully saturated rings. The average molecular weight is 459 g/mol. The van der Waals surface area contributed by atoms with Gasteiger partial charge in [0, 0.05) is 30.9 Å². The van der Waals surface area contributed by atoms with Crippen molar-refractivity contribution in [3.8, 4) is 0 Å². The van der Waals surface area contributed by atoms with Gasteiger partial charge in [-0.2, -0.15) is 0 Å². The topological polar surface area (TPSA) is 53.4 Å². The summed E-state index contributed by atoms with van der Waals surface area (Å²) in [5, 5.41) is 12.0. The lowest BCUT2D eigenvalue weighted by Crippen LogP contribution is -2.55. The first-order valence-electron chi connectivity index (χ1n) is 13.3. The molecule has 1 unspecified atom stereocenters. The van der Waals surface area contributed by atoms with E-state index in [0.29, 0.717) is 11.3 Å². The van der Waals surface area contributed by atoms with Gasteiger partial charge >= 0.3 is 6.09 Å². The second-order valence-corrected chi connectivity index (χ2v) is 12.2. The van der Waals surface area contributed by atoms with Gasteiger partial charge < -0.3 is 10.0 Å². The molecule has 180 valence electrons. The number of fused-ring (bicyclic) bond motifs is 6. The van der Waals surface area contributed by atoms with E-state index in [1.165, 1.54) is 54.9 Å². The predicted octanol–water partition coefficient (Wildman–Crippen LogP) is 7.25. The summed E-state index contributed by atoms with van der Waals surface area (Å²) in [6, 6.07) is 9.23. The van der Waals surface area contributed by atoms with Crippen LogP contribution in [0.2, 0.25) is 0 Å². The van der Waals surface area contributed by atoms with Crippen LogP contribution in [0.3, 0.4) is 0 Å². The van der Waals surface area contributed by atoms with Crippen molar-refractivity contribution in [1.29, 1.82) is 0 Å². The van der Waals surface area contributed by atoms with E-state index in [9.17, 15) is 9.90 Å². The molecule has 0 aliphatic heterocycles. The Bertz CT molecular complexity index is 1160. The van der Waals surface area contributed by atoms with Crippen LogP contribution in [0, 0.1) is 34.5 Å². The first-order chi connectivity index (χ1) is 16.3. The monoisotopic (exact) mass is 458 g/mol. The summed E-state index contributed by atoms with van der Waals surface area (Å²) < 4.78 is 0. The van der Waals surface area contributed by atoms with Crippen LogP contribution in [0.5, 0.6) is 0 Å². The fourth-order valence-corrected chi connectivity index (χ4v) is 9.01. The Kier molecular flexibility index (Phi) is 5.09. The van der Waals surface area contributed by atoms with Crippen molar-refractivity contribution in [3.63, 3.8) is 0 Å². The molecular weight excluding hydrogens is 420 g/mol. The van der Waals surface area contributed by atoms with Gasteiger partial charge in [-0.25, -0.2) is 4.79 Å². The van der Waals surface area contributed by atoms with E-state index in [0.717, 1.165) is 30.6 Å². The number of carbonyl (C=O) groups is 1. The number of carboxylic acid groups (broad SMARTS) is 1. The van der Waals surface area contributed by atoms with Gasteiger partial charge in [-0.1, -0.05) is 32.1 Å². The smallest absolute Gasteiger partial charge is 0.407 e. The molecule has 0 spiro atoms. The Morgan fingerprint density at radius 3 is 2.74 bits per heavy atom. The quantitative estimate of drug-likeness (QED) is 0.516. The summed E-state index contributed by atoms with van der Waals surface area (Å²) in [5.74, 6) is 2.99. The van der Waals surface area contributed by atoms with Gasteiger partial charge in [0.2, 0.25) is 0 Å². The second-order valence-electron chi connectivity index (χ2n) is 12.2. The normalized spacial score (nSPS) is 39.0. The number of hydrogen-bond donors (Lipinski definition) is 1. The minimum Gasteiger partial charge on any atom is -0.465 e. The van der Waals surface area contributed by atoms with Gasteiger partial charge in [-0.15, -0.1) is 0 Å². The molecule has 34 heavy (non-hydrogen) atoms. The van der Waals surface area contributed by atoms with E-state index < -0.39 is 6.09 Å². The highest BCUT2D eigenvalue weighted by Gasteiger charge is 2.58. The minimum atomic E-state index is -0.773. The van der Waals surface area contributed by atoms with Crippen LogP contribution in [0.4, 0.5) is 4.79 Å². The molecule has 1 N–H and O–H groups in total. The van der Waals surface area contributed by atoms with Crippen molar-refractivity contribution < 1.29 is 9.90 Å². The van der Waals surface area contributed by atoms with Crippen LogP contribution in [-0.4, -0.2) is 34.2 Å². The third-order valence-corrected chi connectivity index (χ3v) is 11.0. The molecule has 4 aliphatic carbocycles. The lowest BCUT2D eigenvalue weighted by molar-refractivity contribution is -0.105. The average Bonchev–Trinajstić information content (AvgIpc) is 3.20. The van der Waals surface area contributed by atoms with Crippen LogP contribution in [0.15, 0.2) is 42.7 Å². The molecule has 1 aromatic carbocycles. The number of amides is 1. The van der Waals surface area contributed by atoms with Crippen molar-refractivity contribution in [2.75, 3.05) is 7.05 Å². The van der Waals surface area contributed by atoms with Gasteiger partial charge in [-0.05, 0) is 115 Å². The molecule has 7 atom stereocenters. The number of nitrogens with zero attached hydrogens (tertiary/aromatic N) is 2. The number of allylic oxidation sites excluding steroid dienone is 2. The zero-order chi connectivity index (χ0) is 23.7. The predicted molar refractivity (Wildman–Crippen MR) is 136 cm³/mol. The molecule has 6 rings (SSSR count). The number of rotatable bonds is 2. The Labute approximate surface area is 203 Å². The van der Waals surface area contributed by atoms with E-state index in [4.69, 9.17) is 0 Å². The molecule has 1 heterocycles. The van der Waals surface area contributed by atoms with E-state index in [1.54, 1.807) is 17.5 Å². The van der Waals surface area contributed by atoms with Crippen LogP contribution in [0.1, 0.15) is 70.8 Å². The first-order valence-corrected chi connectivity index (χ1v) is 13.3. The highest BCUT2D eigenvalue weighted by atomic mass is 16.4. The second kappa shape index (κ2) is 7.83. The maximum Gasteiger partial charge on any atom is 0.407 e. The van der Waals surface area contributed by atoms with Crippen LogP contribution < -0.4 is 0 Å². The Morgan fingerprint density at radius 1 is 1.06 bits per heavy atom. The van der Waals surface area contributed by atoms with Crippen LogP contribution in [-0.2, 0) is 0 Å². The summed E-state index contributed by atoms with van der Waals surface area (Å²) in [7, 11) is 1.77. The maximum atomic E-state index is 11.6. The Hall–Kier alpha value is -2.36. The molecule has 0 radical (unpaired) electrons. The van der Waals surface area contributed by atoms with Gasteiger partial charge in [0.1, 0.15) is 0 Å². The molecule has 4 heteroatoms. The molecule has 0 bridgehead atoms. The number of pyridine rings is 1. The molecule has 4 aliphatic rings. The minimum absolute atomic E-state index is 0.197. The maximum absolute atomic E-state index is 11.6. The van der Waals surface area contributed by atoms with Crippen molar-refractivity contribution in [3.05, 3.63) is 48.3 Å². The van der Waals surface area contributed by atoms with Gasteiger partial charge in [-0.3, -0.25) is 4.98 Å². The third-order valence-electron chi connectivity index (χ3n) is 11.0. The molecule has 0 saturated heterocycles. The van der Waals surface area contributed by atoms with Gasteiger partial charge in [0.25, 0.3) is 0 Å². The van der Waals surface area contributed by atoms with Gasteiger partial charge in [0.05, 0.1) is 0 Å². The number of aromatic nitrogens is 1. The number of hydrogen-bond acceptors (Lipinski definition) is 2. The van der Waals surface area contributed by atoms with E-state index in [-0.39, 0.29) is 11.5 Å². The molecule has 2 aromatic rings. The molecule has 1 amide bonds. The fraction of sp³-hybridized carbons (Fsp3) is 0.600. The molecule has 1 aromatic heterocycles. The van der Waals surface area contributed by atoms with E-state index in [1.807, 2.05) is 12.4 Å². The van der Waals surface area contributed by atoms with Crippen LogP contribution in [0.25, 0.3) is 16.3 Å². The molecular formula is C30H38N2O2. The highest BCUT2D eigenvalue weighted by Crippen LogP contribution is 2.67. The summed E-state index contributed by atoms with van der Waals surface area (Å²) in [6.07, 6.45) is 15.3. The lowest BCUT2D eigenvalue weighted by Gasteiger charge is -2.61. The summed E-state index contributed by atoms with van der Waals surface area (Å²) in [5.41, 5.74) is 3.60. The zero-order valence-corrected chi connectivity index (χ0v) is 20.8. The highest BCUT2D eigenvalue weighted by molar-refractivity contribution is 5.86. The summed E-state index contributed by atoms with van der Waals surface area (Å²) >= 11 is 0. The Balaban J connectivity index is 1.25. The lowest BCUT2D eigenvalue weighted by atomic mass is 9.44. The summed E-state index contributed by atoms with van der Waals surface area (Å²) in [4.78, 5) is 17.5. The zero-order valence-electron chi connectivity index (χ0n) is 20.8. The van der Waals surface area contributed by atoms with Gasteiger partial charge in [0.15, 0.2) is 0 Å². The van der Waals surface area contributed by atoms with Crippen molar-refractivity contribution in [2.24, 2.45) is 34.5 Å². The van der Waals surface area contributed by atoms with E-state index >= 15 is 0 Å². The first kappa shape index (κ1) is 22.1. The van der Waals surface area contributed by atoms with Crippen LogP contribution >= 0.6 is 0 Å². The summed E-state index contributed by atoms with van der Waals surface area (Å²) in [6.45, 7) is 5.11.